The zero-order valence-corrected chi connectivity index (χ0v) is 20.3. The van der Waals surface area contributed by atoms with Gasteiger partial charge in [0, 0.05) is 78.8 Å². The summed E-state index contributed by atoms with van der Waals surface area (Å²) >= 11 is 4.01. The normalized spacial score (nSPS) is 18.9. The van der Waals surface area contributed by atoms with Crippen LogP contribution < -0.4 is 0 Å². The summed E-state index contributed by atoms with van der Waals surface area (Å²) in [4.78, 5) is 4.86. The van der Waals surface area contributed by atoms with Gasteiger partial charge in [-0.05, 0) is 35.4 Å². The number of hydrogen-bond donors (Lipinski definition) is 2. The first-order valence-electron chi connectivity index (χ1n) is 11.2. The topological polar surface area (TPSA) is 46.9 Å². The molecule has 6 heteroatoms. The number of rotatable bonds is 6. The van der Waals surface area contributed by atoms with Gasteiger partial charge in [0.25, 0.3) is 0 Å². The smallest absolute Gasteiger partial charge is 0.120 e. The fourth-order valence-electron chi connectivity index (χ4n) is 4.37. The minimum absolute atomic E-state index is 0.222. The first-order valence-corrected chi connectivity index (χ1v) is 13.5. The Labute approximate surface area is 195 Å². The summed E-state index contributed by atoms with van der Waals surface area (Å²) in [5.74, 6) is 5.42. The molecular formula is C25H34N2O2S2. The van der Waals surface area contributed by atoms with Crippen LogP contribution in [-0.4, -0.2) is 69.2 Å². The molecule has 31 heavy (non-hydrogen) atoms. The molecule has 0 unspecified atom stereocenters. The van der Waals surface area contributed by atoms with Crippen LogP contribution in [0, 0.1) is 0 Å². The molecule has 0 amide bonds. The summed E-state index contributed by atoms with van der Waals surface area (Å²) in [5, 5.41) is 21.0. The number of thioether (sulfide) groups is 2. The maximum atomic E-state index is 10.5. The second-order valence-electron chi connectivity index (χ2n) is 9.09. The molecule has 0 radical (unpaired) electrons. The average molecular weight is 459 g/mol. The Morgan fingerprint density at radius 2 is 1.10 bits per heavy atom. The summed E-state index contributed by atoms with van der Waals surface area (Å²) < 4.78 is 0. The molecule has 168 valence electrons. The highest BCUT2D eigenvalue weighted by Gasteiger charge is 2.26. The van der Waals surface area contributed by atoms with Crippen molar-refractivity contribution in [3.8, 4) is 11.5 Å². The number of aromatic hydroxyl groups is 2. The van der Waals surface area contributed by atoms with Crippen LogP contribution in [0.1, 0.15) is 36.1 Å². The second kappa shape index (κ2) is 10.1. The van der Waals surface area contributed by atoms with Crippen LogP contribution in [-0.2, 0) is 18.5 Å². The summed E-state index contributed by atoms with van der Waals surface area (Å²) in [6.07, 6.45) is 0. The van der Waals surface area contributed by atoms with Gasteiger partial charge in [-0.3, -0.25) is 9.80 Å². The van der Waals surface area contributed by atoms with Gasteiger partial charge in [-0.15, -0.1) is 0 Å². The SMILES string of the molecule is CC(C)(c1ccc(O)c(CN2CCSCC2)c1)c1ccc(O)c(CN2CCSCC2)c1. The first-order chi connectivity index (χ1) is 14.9. The standard InChI is InChI=1S/C25H34N2O2S2/c1-25(2,21-3-5-23(28)19(15-21)17-26-7-11-30-12-8-26)22-4-6-24(29)20(16-22)18-27-9-13-31-14-10-27/h3-6,15-16,28-29H,7-14,17-18H2,1-2H3. The number of nitrogens with zero attached hydrogens (tertiary/aromatic N) is 2. The van der Waals surface area contributed by atoms with E-state index in [4.69, 9.17) is 0 Å². The van der Waals surface area contributed by atoms with Gasteiger partial charge in [0.2, 0.25) is 0 Å². The Kier molecular flexibility index (Phi) is 7.42. The Morgan fingerprint density at radius 3 is 1.48 bits per heavy atom. The molecule has 0 bridgehead atoms. The van der Waals surface area contributed by atoms with Gasteiger partial charge in [0.15, 0.2) is 0 Å². The minimum atomic E-state index is -0.222. The molecule has 2 aromatic rings. The molecule has 4 nitrogen and oxygen atoms in total. The van der Waals surface area contributed by atoms with Gasteiger partial charge < -0.3 is 10.2 Å². The molecule has 0 spiro atoms. The van der Waals surface area contributed by atoms with E-state index in [-0.39, 0.29) is 5.41 Å². The molecule has 2 aliphatic rings. The predicted octanol–water partition coefficient (Wildman–Crippen LogP) is 4.52. The molecule has 2 aliphatic heterocycles. The van der Waals surface area contributed by atoms with Crippen LogP contribution in [0.4, 0.5) is 0 Å². The van der Waals surface area contributed by atoms with Crippen molar-refractivity contribution >= 4 is 23.5 Å². The van der Waals surface area contributed by atoms with E-state index in [1.165, 1.54) is 11.1 Å². The zero-order valence-electron chi connectivity index (χ0n) is 18.6. The Hall–Kier alpha value is -1.34. The molecule has 0 aromatic heterocycles. The molecule has 0 saturated carbocycles. The van der Waals surface area contributed by atoms with Crippen molar-refractivity contribution in [3.05, 3.63) is 58.7 Å². The lowest BCUT2D eigenvalue weighted by atomic mass is 9.77. The van der Waals surface area contributed by atoms with E-state index in [2.05, 4.69) is 35.8 Å². The van der Waals surface area contributed by atoms with E-state index >= 15 is 0 Å². The maximum Gasteiger partial charge on any atom is 0.120 e. The van der Waals surface area contributed by atoms with E-state index in [1.807, 2.05) is 47.8 Å². The Bertz CT molecular complexity index is 820. The molecule has 2 saturated heterocycles. The monoisotopic (exact) mass is 458 g/mol. The molecule has 2 N–H and O–H groups in total. The van der Waals surface area contributed by atoms with Crippen LogP contribution in [0.15, 0.2) is 36.4 Å². The summed E-state index contributed by atoms with van der Waals surface area (Å²) in [6, 6.07) is 12.1. The number of phenolic OH excluding ortho intramolecular Hbond substituents is 2. The molecule has 0 aliphatic carbocycles. The molecule has 4 rings (SSSR count). The third-order valence-electron chi connectivity index (χ3n) is 6.60. The van der Waals surface area contributed by atoms with E-state index < -0.39 is 0 Å². The van der Waals surface area contributed by atoms with Gasteiger partial charge in [0.1, 0.15) is 11.5 Å². The first kappa shape index (κ1) is 22.8. The third kappa shape index (κ3) is 5.54. The summed E-state index contributed by atoms with van der Waals surface area (Å²) in [5.41, 5.74) is 4.17. The number of hydrogen-bond acceptors (Lipinski definition) is 6. The lowest BCUT2D eigenvalue weighted by molar-refractivity contribution is 0.289. The van der Waals surface area contributed by atoms with E-state index in [0.717, 1.165) is 73.4 Å². The zero-order chi connectivity index (χ0) is 21.8. The van der Waals surface area contributed by atoms with Crippen molar-refractivity contribution in [2.45, 2.75) is 32.4 Å². The van der Waals surface area contributed by atoms with Gasteiger partial charge in [0.05, 0.1) is 0 Å². The largest absolute Gasteiger partial charge is 0.508 e. The van der Waals surface area contributed by atoms with Crippen molar-refractivity contribution in [2.24, 2.45) is 0 Å². The minimum Gasteiger partial charge on any atom is -0.508 e. The Balaban J connectivity index is 1.57. The fraction of sp³-hybridized carbons (Fsp3) is 0.520. The molecule has 2 aromatic carbocycles. The highest BCUT2D eigenvalue weighted by atomic mass is 32.2. The second-order valence-corrected chi connectivity index (χ2v) is 11.5. The fourth-order valence-corrected chi connectivity index (χ4v) is 6.33. The quantitative estimate of drug-likeness (QED) is 0.664. The molecule has 0 atom stereocenters. The van der Waals surface area contributed by atoms with Crippen molar-refractivity contribution in [3.63, 3.8) is 0 Å². The van der Waals surface area contributed by atoms with E-state index in [9.17, 15) is 10.2 Å². The van der Waals surface area contributed by atoms with Crippen LogP contribution in [0.2, 0.25) is 0 Å². The van der Waals surface area contributed by atoms with Crippen LogP contribution >= 0.6 is 23.5 Å². The van der Waals surface area contributed by atoms with Crippen LogP contribution in [0.25, 0.3) is 0 Å². The molecule has 2 heterocycles. The highest BCUT2D eigenvalue weighted by molar-refractivity contribution is 7.99. The summed E-state index contributed by atoms with van der Waals surface area (Å²) in [7, 11) is 0. The van der Waals surface area contributed by atoms with Crippen molar-refractivity contribution in [2.75, 3.05) is 49.2 Å². The third-order valence-corrected chi connectivity index (χ3v) is 8.48. The maximum absolute atomic E-state index is 10.5. The number of benzene rings is 2. The average Bonchev–Trinajstić information content (AvgIpc) is 2.78. The van der Waals surface area contributed by atoms with Crippen molar-refractivity contribution in [1.82, 2.24) is 9.80 Å². The lowest BCUT2D eigenvalue weighted by Crippen LogP contribution is -2.32. The van der Waals surface area contributed by atoms with Gasteiger partial charge in [-0.2, -0.15) is 23.5 Å². The predicted molar refractivity (Wildman–Crippen MR) is 134 cm³/mol. The molecular weight excluding hydrogens is 424 g/mol. The lowest BCUT2D eigenvalue weighted by Gasteiger charge is -2.30. The van der Waals surface area contributed by atoms with Crippen molar-refractivity contribution in [1.29, 1.82) is 0 Å². The van der Waals surface area contributed by atoms with Crippen LogP contribution in [0.5, 0.6) is 11.5 Å². The number of phenols is 2. The van der Waals surface area contributed by atoms with E-state index in [0.29, 0.717) is 11.5 Å². The van der Waals surface area contributed by atoms with Crippen LogP contribution in [0.3, 0.4) is 0 Å². The van der Waals surface area contributed by atoms with E-state index in [1.54, 1.807) is 0 Å². The van der Waals surface area contributed by atoms with Gasteiger partial charge in [-0.25, -0.2) is 0 Å². The molecule has 2 fully saturated rings. The summed E-state index contributed by atoms with van der Waals surface area (Å²) in [6.45, 7) is 10.4. The van der Waals surface area contributed by atoms with Gasteiger partial charge in [-0.1, -0.05) is 26.0 Å². The highest BCUT2D eigenvalue weighted by Crippen LogP contribution is 2.36. The Morgan fingerprint density at radius 1 is 0.710 bits per heavy atom. The van der Waals surface area contributed by atoms with Gasteiger partial charge >= 0.3 is 0 Å². The van der Waals surface area contributed by atoms with Crippen molar-refractivity contribution < 1.29 is 10.2 Å².